The number of primary amides is 1. The molecule has 1 fully saturated rings. The van der Waals surface area contributed by atoms with Crippen molar-refractivity contribution in [1.29, 1.82) is 0 Å². The minimum absolute atomic E-state index is 0.588. The molecule has 1 aliphatic heterocycles. The lowest BCUT2D eigenvalue weighted by atomic mass is 10.1. The second kappa shape index (κ2) is 4.72. The van der Waals surface area contributed by atoms with Gasteiger partial charge >= 0.3 is 7.60 Å². The van der Waals surface area contributed by atoms with Crippen LogP contribution in [0.25, 0.3) is 0 Å². The van der Waals surface area contributed by atoms with Gasteiger partial charge in [0.25, 0.3) is 0 Å². The van der Waals surface area contributed by atoms with Crippen molar-refractivity contribution >= 4 is 13.5 Å². The monoisotopic (exact) mass is 284 g/mol. The van der Waals surface area contributed by atoms with E-state index < -0.39 is 24.8 Å². The van der Waals surface area contributed by atoms with Crippen molar-refractivity contribution in [3.05, 3.63) is 35.4 Å². The molecule has 19 heavy (non-hydrogen) atoms. The van der Waals surface area contributed by atoms with Gasteiger partial charge in [0.1, 0.15) is 6.04 Å². The second-order valence-corrected chi connectivity index (χ2v) is 6.91. The number of hydrogen-bond acceptors (Lipinski definition) is 5. The van der Waals surface area contributed by atoms with Gasteiger partial charge in [0.15, 0.2) is 5.28 Å². The predicted octanol–water partition coefficient (Wildman–Crippen LogP) is 1.09. The molecule has 6 nitrogen and oxygen atoms in total. The molecule has 1 aliphatic rings. The summed E-state index contributed by atoms with van der Waals surface area (Å²) in [5.41, 5.74) is 7.03. The van der Waals surface area contributed by atoms with Gasteiger partial charge in [-0.1, -0.05) is 29.8 Å². The Bertz CT molecular complexity index is 537. The lowest BCUT2D eigenvalue weighted by Crippen LogP contribution is -2.26. The van der Waals surface area contributed by atoms with Crippen LogP contribution in [0.2, 0.25) is 0 Å². The van der Waals surface area contributed by atoms with Crippen LogP contribution in [0.4, 0.5) is 0 Å². The van der Waals surface area contributed by atoms with E-state index in [1.54, 1.807) is 12.1 Å². The molecule has 0 saturated carbocycles. The number of nitrogens with two attached hydrogens (primary N) is 1. The summed E-state index contributed by atoms with van der Waals surface area (Å²) in [5.74, 6) is -0.588. The SMILES string of the molecule is COP(=O)(OC)C1(c2ccc(C)cc2)NC1C(N)=O. The maximum Gasteiger partial charge on any atom is 0.356 e. The molecule has 2 atom stereocenters. The normalized spacial score (nSPS) is 26.2. The number of nitrogens with one attached hydrogen (secondary N) is 1. The first-order valence-electron chi connectivity index (χ1n) is 5.77. The van der Waals surface area contributed by atoms with Crippen molar-refractivity contribution in [1.82, 2.24) is 5.32 Å². The fourth-order valence-electron chi connectivity index (χ4n) is 2.27. The molecule has 3 N–H and O–H groups in total. The molecule has 2 unspecified atom stereocenters. The molecule has 104 valence electrons. The van der Waals surface area contributed by atoms with E-state index in [-0.39, 0.29) is 0 Å². The zero-order valence-corrected chi connectivity index (χ0v) is 11.9. The van der Waals surface area contributed by atoms with E-state index in [4.69, 9.17) is 14.8 Å². The average Bonchev–Trinajstić information content (AvgIpc) is 3.16. The van der Waals surface area contributed by atoms with Crippen LogP contribution in [0.3, 0.4) is 0 Å². The summed E-state index contributed by atoms with van der Waals surface area (Å²) >= 11 is 0. The zero-order chi connectivity index (χ0) is 14.3. The number of aryl methyl sites for hydroxylation is 1. The van der Waals surface area contributed by atoms with Crippen molar-refractivity contribution in [2.45, 2.75) is 18.2 Å². The van der Waals surface area contributed by atoms with Gasteiger partial charge in [0.2, 0.25) is 5.91 Å². The quantitative estimate of drug-likeness (QED) is 0.622. The predicted molar refractivity (Wildman–Crippen MR) is 70.6 cm³/mol. The number of amides is 1. The van der Waals surface area contributed by atoms with E-state index in [0.717, 1.165) is 5.56 Å². The number of rotatable bonds is 5. The highest BCUT2D eigenvalue weighted by atomic mass is 31.2. The number of hydrogen-bond donors (Lipinski definition) is 2. The summed E-state index contributed by atoms with van der Waals surface area (Å²) in [7, 11) is -0.952. The van der Waals surface area contributed by atoms with Crippen molar-refractivity contribution in [3.8, 4) is 0 Å². The minimum Gasteiger partial charge on any atom is -0.368 e. The molecule has 7 heteroatoms. The van der Waals surface area contributed by atoms with Crippen LogP contribution < -0.4 is 11.1 Å². The highest BCUT2D eigenvalue weighted by Gasteiger charge is 2.71. The maximum atomic E-state index is 12.7. The van der Waals surface area contributed by atoms with Crippen molar-refractivity contribution in [3.63, 3.8) is 0 Å². The minimum atomic E-state index is -3.53. The van der Waals surface area contributed by atoms with Gasteiger partial charge in [-0.3, -0.25) is 14.7 Å². The molecule has 0 spiro atoms. The van der Waals surface area contributed by atoms with Crippen LogP contribution in [-0.2, 0) is 23.7 Å². The largest absolute Gasteiger partial charge is 0.368 e. The summed E-state index contributed by atoms with van der Waals surface area (Å²) in [6.07, 6.45) is 0. The number of carbonyl (C=O) groups excluding carboxylic acids is 1. The molecular formula is C12H17N2O4P. The van der Waals surface area contributed by atoms with Crippen molar-refractivity contribution in [2.75, 3.05) is 14.2 Å². The van der Waals surface area contributed by atoms with Crippen LogP contribution in [0, 0.1) is 6.92 Å². The van der Waals surface area contributed by atoms with Gasteiger partial charge in [-0.2, -0.15) is 0 Å². The summed E-state index contributed by atoms with van der Waals surface area (Å²) in [6.45, 7) is 1.94. The van der Waals surface area contributed by atoms with Gasteiger partial charge in [-0.05, 0) is 12.5 Å². The molecule has 0 aliphatic carbocycles. The summed E-state index contributed by atoms with van der Waals surface area (Å²) in [5, 5.41) is 1.69. The zero-order valence-electron chi connectivity index (χ0n) is 11.0. The molecule has 1 aromatic rings. The fourth-order valence-corrected chi connectivity index (χ4v) is 4.19. The molecule has 0 bridgehead atoms. The summed E-state index contributed by atoms with van der Waals surface area (Å²) in [4.78, 5) is 11.4. The Morgan fingerprint density at radius 3 is 2.21 bits per heavy atom. The second-order valence-electron chi connectivity index (χ2n) is 4.47. The Hall–Kier alpha value is -1.20. The third-order valence-electron chi connectivity index (χ3n) is 3.39. The van der Waals surface area contributed by atoms with Crippen LogP contribution in [0.5, 0.6) is 0 Å². The Morgan fingerprint density at radius 2 is 1.84 bits per heavy atom. The van der Waals surface area contributed by atoms with E-state index in [2.05, 4.69) is 5.32 Å². The Balaban J connectivity index is 2.52. The van der Waals surface area contributed by atoms with Crippen LogP contribution >= 0.6 is 7.60 Å². The van der Waals surface area contributed by atoms with Crippen LogP contribution in [0.15, 0.2) is 24.3 Å². The Kier molecular flexibility index (Phi) is 3.53. The molecule has 1 amide bonds. The van der Waals surface area contributed by atoms with Gasteiger partial charge in [0, 0.05) is 14.2 Å². The summed E-state index contributed by atoms with van der Waals surface area (Å²) in [6, 6.07) is 6.54. The Labute approximate surface area is 111 Å². The molecule has 0 aromatic heterocycles. The van der Waals surface area contributed by atoms with E-state index >= 15 is 0 Å². The van der Waals surface area contributed by atoms with Crippen LogP contribution in [-0.4, -0.2) is 26.2 Å². The van der Waals surface area contributed by atoms with Gasteiger partial charge < -0.3 is 14.8 Å². The smallest absolute Gasteiger partial charge is 0.356 e. The first-order chi connectivity index (χ1) is 8.91. The lowest BCUT2D eigenvalue weighted by Gasteiger charge is -2.23. The maximum absolute atomic E-state index is 12.7. The van der Waals surface area contributed by atoms with Gasteiger partial charge in [0.05, 0.1) is 0 Å². The van der Waals surface area contributed by atoms with E-state index in [0.29, 0.717) is 5.56 Å². The van der Waals surface area contributed by atoms with E-state index in [9.17, 15) is 9.36 Å². The van der Waals surface area contributed by atoms with E-state index in [1.807, 2.05) is 19.1 Å². The lowest BCUT2D eigenvalue weighted by molar-refractivity contribution is -0.117. The standard InChI is InChI=1S/C12H17N2O4P/c1-8-4-6-9(7-5-8)12(10(14-12)11(13)15)19(16,17-2)18-3/h4-7,10,14H,1-3H3,(H2,13,15). The average molecular weight is 284 g/mol. The third-order valence-corrected chi connectivity index (χ3v) is 5.86. The first kappa shape index (κ1) is 14.2. The van der Waals surface area contributed by atoms with Crippen molar-refractivity contribution < 1.29 is 18.4 Å². The third kappa shape index (κ3) is 2.01. The molecule has 1 heterocycles. The number of carbonyl (C=O) groups is 1. The fraction of sp³-hybridized carbons (Fsp3) is 0.417. The highest BCUT2D eigenvalue weighted by Crippen LogP contribution is 2.70. The number of benzene rings is 1. The van der Waals surface area contributed by atoms with Gasteiger partial charge in [-0.25, -0.2) is 0 Å². The highest BCUT2D eigenvalue weighted by molar-refractivity contribution is 7.55. The van der Waals surface area contributed by atoms with Crippen LogP contribution in [0.1, 0.15) is 11.1 Å². The molecule has 2 rings (SSSR count). The molecule has 1 aromatic carbocycles. The Morgan fingerprint density at radius 1 is 1.32 bits per heavy atom. The van der Waals surface area contributed by atoms with E-state index in [1.165, 1.54) is 14.2 Å². The van der Waals surface area contributed by atoms with Gasteiger partial charge in [-0.15, -0.1) is 0 Å². The first-order valence-corrected chi connectivity index (χ1v) is 7.31. The molecule has 0 radical (unpaired) electrons. The topological polar surface area (TPSA) is 101 Å². The van der Waals surface area contributed by atoms with Crippen molar-refractivity contribution in [2.24, 2.45) is 5.73 Å². The summed E-state index contributed by atoms with van der Waals surface area (Å²) < 4.78 is 22.8. The molecule has 1 saturated heterocycles. The molecular weight excluding hydrogens is 267 g/mol.